The summed E-state index contributed by atoms with van der Waals surface area (Å²) in [6, 6.07) is 8.60. The van der Waals surface area contributed by atoms with Gasteiger partial charge in [0, 0.05) is 11.8 Å². The fourth-order valence-electron chi connectivity index (χ4n) is 2.94. The van der Waals surface area contributed by atoms with Gasteiger partial charge in [-0.05, 0) is 29.5 Å². The van der Waals surface area contributed by atoms with E-state index < -0.39 is 0 Å². The van der Waals surface area contributed by atoms with Crippen LogP contribution in [0.5, 0.6) is 0 Å². The summed E-state index contributed by atoms with van der Waals surface area (Å²) in [5.41, 5.74) is 4.14. The fourth-order valence-corrected chi connectivity index (χ4v) is 3.47. The smallest absolute Gasteiger partial charge is 0.0709 e. The average Bonchev–Trinajstić information content (AvgIpc) is 2.73. The van der Waals surface area contributed by atoms with E-state index in [1.165, 1.54) is 29.5 Å². The van der Waals surface area contributed by atoms with Crippen LogP contribution in [-0.2, 0) is 0 Å². The Kier molecular flexibility index (Phi) is 1.90. The number of allylic oxidation sites excluding steroid dienone is 1. The van der Waals surface area contributed by atoms with Crippen LogP contribution in [0.2, 0.25) is 0 Å². The molecular formula is C12H10Cl2. The fraction of sp³-hybridized carbons (Fsp3) is 0.333. The van der Waals surface area contributed by atoms with Crippen LogP contribution in [0.3, 0.4) is 0 Å². The summed E-state index contributed by atoms with van der Waals surface area (Å²) < 4.78 is 0.494. The van der Waals surface area contributed by atoms with E-state index in [0.29, 0.717) is 16.3 Å². The van der Waals surface area contributed by atoms with Crippen molar-refractivity contribution in [2.75, 3.05) is 0 Å². The number of hydrogen-bond donors (Lipinski definition) is 0. The summed E-state index contributed by atoms with van der Waals surface area (Å²) in [5.74, 6) is 1.00. The second-order valence-corrected chi connectivity index (χ2v) is 4.98. The van der Waals surface area contributed by atoms with E-state index in [-0.39, 0.29) is 0 Å². The molecule has 1 aromatic carbocycles. The quantitative estimate of drug-likeness (QED) is 0.615. The summed E-state index contributed by atoms with van der Waals surface area (Å²) in [4.78, 5) is 0. The van der Waals surface area contributed by atoms with Crippen molar-refractivity contribution in [3.63, 3.8) is 0 Å². The Labute approximate surface area is 93.5 Å². The van der Waals surface area contributed by atoms with Gasteiger partial charge in [-0.15, -0.1) is 0 Å². The van der Waals surface area contributed by atoms with Crippen molar-refractivity contribution in [1.29, 1.82) is 0 Å². The number of fused-ring (bicyclic) bond motifs is 5. The predicted molar refractivity (Wildman–Crippen MR) is 59.9 cm³/mol. The van der Waals surface area contributed by atoms with Crippen LogP contribution in [0, 0.1) is 0 Å². The van der Waals surface area contributed by atoms with E-state index in [9.17, 15) is 0 Å². The summed E-state index contributed by atoms with van der Waals surface area (Å²) in [7, 11) is 0. The molecule has 0 nitrogen and oxygen atoms in total. The van der Waals surface area contributed by atoms with Crippen molar-refractivity contribution < 1.29 is 0 Å². The van der Waals surface area contributed by atoms with E-state index in [2.05, 4.69) is 24.3 Å². The standard InChI is InChI=1S/C12H10Cl2/c13-12(14)11-9-5-6-10(11)8-4-2-1-3-7(8)9/h1-4,9-10H,5-6H2/t9-,10+. The normalized spacial score (nSPS) is 28.0. The monoisotopic (exact) mass is 224 g/mol. The third kappa shape index (κ3) is 1.01. The Morgan fingerprint density at radius 3 is 1.93 bits per heavy atom. The molecule has 0 heterocycles. The molecule has 0 amide bonds. The third-order valence-electron chi connectivity index (χ3n) is 3.46. The van der Waals surface area contributed by atoms with Gasteiger partial charge in [0.25, 0.3) is 0 Å². The van der Waals surface area contributed by atoms with Crippen molar-refractivity contribution in [3.8, 4) is 0 Å². The van der Waals surface area contributed by atoms with Crippen LogP contribution in [0.15, 0.2) is 34.3 Å². The maximum Gasteiger partial charge on any atom is 0.107 e. The number of rotatable bonds is 0. The van der Waals surface area contributed by atoms with Gasteiger partial charge in [-0.2, -0.15) is 0 Å². The molecule has 0 spiro atoms. The predicted octanol–water partition coefficient (Wildman–Crippen LogP) is 4.35. The molecule has 0 saturated heterocycles. The Balaban J connectivity index is 2.23. The van der Waals surface area contributed by atoms with E-state index in [4.69, 9.17) is 23.2 Å². The topological polar surface area (TPSA) is 0 Å². The van der Waals surface area contributed by atoms with Crippen LogP contribution in [-0.4, -0.2) is 0 Å². The molecule has 1 aromatic rings. The molecule has 1 saturated carbocycles. The Morgan fingerprint density at radius 2 is 1.50 bits per heavy atom. The molecule has 14 heavy (non-hydrogen) atoms. The molecule has 1 fully saturated rings. The van der Waals surface area contributed by atoms with Gasteiger partial charge in [-0.1, -0.05) is 47.5 Å². The van der Waals surface area contributed by atoms with Gasteiger partial charge in [0.1, 0.15) is 4.49 Å². The van der Waals surface area contributed by atoms with Crippen LogP contribution < -0.4 is 0 Å². The van der Waals surface area contributed by atoms with Crippen LogP contribution in [0.1, 0.15) is 35.8 Å². The molecule has 0 unspecified atom stereocenters. The lowest BCUT2D eigenvalue weighted by atomic mass is 9.92. The second kappa shape index (κ2) is 3.01. The Morgan fingerprint density at radius 1 is 1.00 bits per heavy atom. The first kappa shape index (κ1) is 8.82. The number of halogens is 2. The maximum atomic E-state index is 5.95. The SMILES string of the molecule is ClC(Cl)=C1[C@H]2CC[C@@H]1c1ccccc12. The Bertz CT molecular complexity index is 383. The van der Waals surface area contributed by atoms with Gasteiger partial charge in [-0.25, -0.2) is 0 Å². The van der Waals surface area contributed by atoms with Crippen LogP contribution >= 0.6 is 23.2 Å². The minimum absolute atomic E-state index is 0.494. The lowest BCUT2D eigenvalue weighted by molar-refractivity contribution is 0.717. The van der Waals surface area contributed by atoms with Crippen molar-refractivity contribution in [2.45, 2.75) is 24.7 Å². The molecule has 2 bridgehead atoms. The largest absolute Gasteiger partial charge is 0.107 e. The minimum Gasteiger partial charge on any atom is -0.0709 e. The summed E-state index contributed by atoms with van der Waals surface area (Å²) in [6.07, 6.45) is 2.42. The van der Waals surface area contributed by atoms with E-state index in [1.54, 1.807) is 0 Å². The van der Waals surface area contributed by atoms with Gasteiger partial charge < -0.3 is 0 Å². The van der Waals surface area contributed by atoms with Crippen molar-refractivity contribution in [3.05, 3.63) is 45.5 Å². The highest BCUT2D eigenvalue weighted by Gasteiger charge is 2.42. The lowest BCUT2D eigenvalue weighted by Crippen LogP contribution is -1.95. The first-order valence-corrected chi connectivity index (χ1v) is 5.68. The zero-order valence-corrected chi connectivity index (χ0v) is 9.15. The van der Waals surface area contributed by atoms with E-state index >= 15 is 0 Å². The zero-order valence-electron chi connectivity index (χ0n) is 7.63. The molecule has 2 aliphatic rings. The van der Waals surface area contributed by atoms with E-state index in [0.717, 1.165) is 0 Å². The van der Waals surface area contributed by atoms with Crippen LogP contribution in [0.25, 0.3) is 0 Å². The summed E-state index contributed by atoms with van der Waals surface area (Å²) in [5, 5.41) is 0. The highest BCUT2D eigenvalue weighted by molar-refractivity contribution is 6.56. The molecule has 0 aliphatic heterocycles. The highest BCUT2D eigenvalue weighted by Crippen LogP contribution is 2.58. The number of hydrogen-bond acceptors (Lipinski definition) is 0. The number of benzene rings is 1. The molecule has 0 N–H and O–H groups in total. The highest BCUT2D eigenvalue weighted by atomic mass is 35.5. The molecule has 72 valence electrons. The molecule has 2 atom stereocenters. The molecular weight excluding hydrogens is 215 g/mol. The van der Waals surface area contributed by atoms with Gasteiger partial charge in [-0.3, -0.25) is 0 Å². The first-order chi connectivity index (χ1) is 6.79. The minimum atomic E-state index is 0.494. The molecule has 0 radical (unpaired) electrons. The third-order valence-corrected chi connectivity index (χ3v) is 3.90. The average molecular weight is 225 g/mol. The Hall–Kier alpha value is -0.460. The summed E-state index contributed by atoms with van der Waals surface area (Å²) >= 11 is 11.9. The molecule has 3 rings (SSSR count). The van der Waals surface area contributed by atoms with Gasteiger partial charge in [0.2, 0.25) is 0 Å². The van der Waals surface area contributed by atoms with Gasteiger partial charge in [0.15, 0.2) is 0 Å². The van der Waals surface area contributed by atoms with Crippen LogP contribution in [0.4, 0.5) is 0 Å². The first-order valence-electron chi connectivity index (χ1n) is 4.93. The lowest BCUT2D eigenvalue weighted by Gasteiger charge is -2.12. The molecule has 2 aliphatic carbocycles. The van der Waals surface area contributed by atoms with Crippen molar-refractivity contribution in [1.82, 2.24) is 0 Å². The maximum absolute atomic E-state index is 5.95. The summed E-state index contributed by atoms with van der Waals surface area (Å²) in [6.45, 7) is 0. The second-order valence-electron chi connectivity index (χ2n) is 4.03. The van der Waals surface area contributed by atoms with Gasteiger partial charge >= 0.3 is 0 Å². The van der Waals surface area contributed by atoms with Gasteiger partial charge in [0.05, 0.1) is 0 Å². The molecule has 0 aromatic heterocycles. The van der Waals surface area contributed by atoms with Crippen molar-refractivity contribution in [2.24, 2.45) is 0 Å². The van der Waals surface area contributed by atoms with E-state index in [1.807, 2.05) is 0 Å². The zero-order chi connectivity index (χ0) is 9.71. The molecule has 2 heteroatoms. The van der Waals surface area contributed by atoms with Crippen molar-refractivity contribution >= 4 is 23.2 Å².